The van der Waals surface area contributed by atoms with Crippen LogP contribution in [-0.2, 0) is 4.79 Å². The quantitative estimate of drug-likeness (QED) is 0.872. The number of carbonyl (C=O) groups excluding carboxylic acids is 2. The molecule has 7 heteroatoms. The highest BCUT2D eigenvalue weighted by molar-refractivity contribution is 7.12. The zero-order valence-corrected chi connectivity index (χ0v) is 16.4. The summed E-state index contributed by atoms with van der Waals surface area (Å²) in [5.74, 6) is -0.484. The topological polar surface area (TPSA) is 52.7 Å². The molecule has 0 bridgehead atoms. The van der Waals surface area contributed by atoms with Gasteiger partial charge in [0.1, 0.15) is 5.82 Å². The molecule has 1 aliphatic heterocycles. The molecule has 1 atom stereocenters. The Labute approximate surface area is 162 Å². The van der Waals surface area contributed by atoms with Crippen molar-refractivity contribution in [2.45, 2.75) is 26.3 Å². The normalized spacial score (nSPS) is 16.6. The summed E-state index contributed by atoms with van der Waals surface area (Å²) in [5, 5.41) is 4.73. The molecule has 2 amide bonds. The first-order valence-corrected chi connectivity index (χ1v) is 9.97. The molecule has 2 heterocycles. The number of carbonyl (C=O) groups is 2. The molecule has 0 spiro atoms. The van der Waals surface area contributed by atoms with Crippen molar-refractivity contribution in [3.63, 3.8) is 0 Å². The highest BCUT2D eigenvalue weighted by atomic mass is 32.1. The minimum Gasteiger partial charge on any atom is -0.337 e. The third-order valence-electron chi connectivity index (χ3n) is 4.93. The van der Waals surface area contributed by atoms with Crippen molar-refractivity contribution in [2.75, 3.05) is 31.5 Å². The largest absolute Gasteiger partial charge is 0.337 e. The number of anilines is 1. The molecule has 144 valence electrons. The fourth-order valence-electron chi connectivity index (χ4n) is 3.22. The van der Waals surface area contributed by atoms with Gasteiger partial charge in [-0.1, -0.05) is 12.1 Å². The molecule has 0 radical (unpaired) electrons. The maximum atomic E-state index is 13.4. The van der Waals surface area contributed by atoms with Gasteiger partial charge in [0.25, 0.3) is 5.91 Å². The van der Waals surface area contributed by atoms with E-state index in [-0.39, 0.29) is 23.7 Å². The molecule has 27 heavy (non-hydrogen) atoms. The molecule has 1 aliphatic rings. The molecule has 0 saturated carbocycles. The van der Waals surface area contributed by atoms with Crippen molar-refractivity contribution in [1.82, 2.24) is 9.80 Å². The third kappa shape index (κ3) is 4.73. The molecular weight excluding hydrogens is 365 g/mol. The van der Waals surface area contributed by atoms with Crippen LogP contribution in [0.15, 0.2) is 35.7 Å². The van der Waals surface area contributed by atoms with E-state index in [0.717, 1.165) is 23.4 Å². The predicted octanol–water partition coefficient (Wildman–Crippen LogP) is 3.37. The van der Waals surface area contributed by atoms with E-state index in [1.54, 1.807) is 6.07 Å². The Balaban J connectivity index is 1.60. The number of nitrogens with zero attached hydrogens (tertiary/aromatic N) is 2. The van der Waals surface area contributed by atoms with Crippen molar-refractivity contribution in [1.29, 1.82) is 0 Å². The maximum Gasteiger partial charge on any atom is 0.263 e. The second-order valence-corrected chi connectivity index (χ2v) is 7.73. The van der Waals surface area contributed by atoms with Gasteiger partial charge in [0.15, 0.2) is 0 Å². The van der Waals surface area contributed by atoms with Gasteiger partial charge in [-0.05, 0) is 49.4 Å². The van der Waals surface area contributed by atoms with Crippen LogP contribution in [0.4, 0.5) is 10.1 Å². The number of rotatable bonds is 4. The first-order valence-electron chi connectivity index (χ1n) is 9.09. The van der Waals surface area contributed by atoms with Gasteiger partial charge in [-0.3, -0.25) is 14.5 Å². The molecule has 1 aromatic carbocycles. The van der Waals surface area contributed by atoms with Crippen LogP contribution in [0.25, 0.3) is 0 Å². The highest BCUT2D eigenvalue weighted by Gasteiger charge is 2.26. The summed E-state index contributed by atoms with van der Waals surface area (Å²) < 4.78 is 13.4. The third-order valence-corrected chi connectivity index (χ3v) is 5.79. The molecule has 1 unspecified atom stereocenters. The number of hydrogen-bond donors (Lipinski definition) is 1. The van der Waals surface area contributed by atoms with Crippen LogP contribution in [0.1, 0.15) is 28.6 Å². The van der Waals surface area contributed by atoms with Crippen LogP contribution >= 0.6 is 11.3 Å². The van der Waals surface area contributed by atoms with Gasteiger partial charge in [-0.2, -0.15) is 0 Å². The smallest absolute Gasteiger partial charge is 0.263 e. The van der Waals surface area contributed by atoms with Gasteiger partial charge in [-0.25, -0.2) is 4.39 Å². The predicted molar refractivity (Wildman–Crippen MR) is 106 cm³/mol. The fourth-order valence-corrected chi connectivity index (χ4v) is 3.91. The Kier molecular flexibility index (Phi) is 6.23. The fraction of sp³-hybridized carbons (Fsp3) is 0.400. The van der Waals surface area contributed by atoms with E-state index in [4.69, 9.17) is 0 Å². The lowest BCUT2D eigenvalue weighted by atomic mass is 10.1. The second-order valence-electron chi connectivity index (χ2n) is 6.78. The highest BCUT2D eigenvalue weighted by Crippen LogP contribution is 2.18. The first kappa shape index (κ1) is 19.5. The Morgan fingerprint density at radius 1 is 1.19 bits per heavy atom. The van der Waals surface area contributed by atoms with Crippen LogP contribution in [0, 0.1) is 12.7 Å². The SMILES string of the molecule is Cc1ccc(F)cc1NC(=O)C(C)N1CCCN(C(=O)c2cccs2)CC1. The summed E-state index contributed by atoms with van der Waals surface area (Å²) in [4.78, 5) is 29.8. The van der Waals surface area contributed by atoms with Crippen LogP contribution in [0.5, 0.6) is 0 Å². The van der Waals surface area contributed by atoms with Crippen LogP contribution in [0.2, 0.25) is 0 Å². The number of nitrogens with one attached hydrogen (secondary N) is 1. The number of benzene rings is 1. The zero-order valence-electron chi connectivity index (χ0n) is 15.6. The standard InChI is InChI=1S/C20H24FN3O2S/c1-14-6-7-16(21)13-17(14)22-19(25)15(2)23-8-4-9-24(11-10-23)20(26)18-5-3-12-27-18/h3,5-7,12-13,15H,4,8-11H2,1-2H3,(H,22,25). The average Bonchev–Trinajstić information content (AvgIpc) is 3.08. The average molecular weight is 389 g/mol. The van der Waals surface area contributed by atoms with E-state index in [1.165, 1.54) is 23.5 Å². The number of halogens is 1. The van der Waals surface area contributed by atoms with Gasteiger partial charge in [0.05, 0.1) is 10.9 Å². The molecule has 1 saturated heterocycles. The number of amides is 2. The Morgan fingerprint density at radius 2 is 2.00 bits per heavy atom. The van der Waals surface area contributed by atoms with Crippen molar-refractivity contribution in [3.8, 4) is 0 Å². The Hall–Kier alpha value is -2.25. The molecular formula is C20H24FN3O2S. The molecule has 5 nitrogen and oxygen atoms in total. The van der Waals surface area contributed by atoms with Crippen molar-refractivity contribution in [3.05, 3.63) is 52.0 Å². The molecule has 1 aromatic heterocycles. The monoisotopic (exact) mass is 389 g/mol. The van der Waals surface area contributed by atoms with E-state index in [2.05, 4.69) is 10.2 Å². The summed E-state index contributed by atoms with van der Waals surface area (Å²) in [6, 6.07) is 7.72. The first-order chi connectivity index (χ1) is 13.0. The summed E-state index contributed by atoms with van der Waals surface area (Å²) in [6.07, 6.45) is 0.813. The minimum absolute atomic E-state index is 0.0549. The van der Waals surface area contributed by atoms with Gasteiger partial charge in [0.2, 0.25) is 5.91 Å². The van der Waals surface area contributed by atoms with E-state index in [1.807, 2.05) is 36.3 Å². The molecule has 3 rings (SSSR count). The lowest BCUT2D eigenvalue weighted by molar-refractivity contribution is -0.120. The van der Waals surface area contributed by atoms with E-state index >= 15 is 0 Å². The van der Waals surface area contributed by atoms with Gasteiger partial charge in [0, 0.05) is 31.9 Å². The van der Waals surface area contributed by atoms with Gasteiger partial charge >= 0.3 is 0 Å². The number of thiophene rings is 1. The molecule has 1 fully saturated rings. The molecule has 0 aliphatic carbocycles. The Morgan fingerprint density at radius 3 is 2.74 bits per heavy atom. The Bertz CT molecular complexity index is 810. The minimum atomic E-state index is -0.374. The van der Waals surface area contributed by atoms with Crippen molar-refractivity contribution >= 4 is 28.8 Å². The van der Waals surface area contributed by atoms with Gasteiger partial charge < -0.3 is 10.2 Å². The lowest BCUT2D eigenvalue weighted by Crippen LogP contribution is -2.44. The van der Waals surface area contributed by atoms with Crippen LogP contribution in [0.3, 0.4) is 0 Å². The lowest BCUT2D eigenvalue weighted by Gasteiger charge is -2.27. The van der Waals surface area contributed by atoms with Gasteiger partial charge in [-0.15, -0.1) is 11.3 Å². The van der Waals surface area contributed by atoms with Crippen LogP contribution in [-0.4, -0.2) is 53.8 Å². The second kappa shape index (κ2) is 8.63. The van der Waals surface area contributed by atoms with E-state index in [0.29, 0.717) is 25.3 Å². The van der Waals surface area contributed by atoms with Crippen LogP contribution < -0.4 is 5.32 Å². The summed E-state index contributed by atoms with van der Waals surface area (Å²) in [6.45, 7) is 6.33. The van der Waals surface area contributed by atoms with Crippen molar-refractivity contribution < 1.29 is 14.0 Å². The summed E-state index contributed by atoms with van der Waals surface area (Å²) in [7, 11) is 0. The zero-order chi connectivity index (χ0) is 19.4. The summed E-state index contributed by atoms with van der Waals surface area (Å²) >= 11 is 1.45. The summed E-state index contributed by atoms with van der Waals surface area (Å²) in [5.41, 5.74) is 1.32. The molecule has 1 N–H and O–H groups in total. The van der Waals surface area contributed by atoms with Crippen molar-refractivity contribution in [2.24, 2.45) is 0 Å². The number of hydrogen-bond acceptors (Lipinski definition) is 4. The number of aryl methyl sites for hydroxylation is 1. The molecule has 2 aromatic rings. The van der Waals surface area contributed by atoms with E-state index in [9.17, 15) is 14.0 Å². The van der Waals surface area contributed by atoms with E-state index < -0.39 is 0 Å². The maximum absolute atomic E-state index is 13.4.